The van der Waals surface area contributed by atoms with E-state index in [9.17, 15) is 9.59 Å². The minimum atomic E-state index is -0.977. The fourth-order valence-electron chi connectivity index (χ4n) is 2.25. The molecule has 0 spiro atoms. The van der Waals surface area contributed by atoms with E-state index in [1.165, 1.54) is 12.1 Å². The lowest BCUT2D eigenvalue weighted by atomic mass is 10.1. The summed E-state index contributed by atoms with van der Waals surface area (Å²) in [6, 6.07) is 11.4. The van der Waals surface area contributed by atoms with Gasteiger partial charge in [-0.2, -0.15) is 0 Å². The quantitative estimate of drug-likeness (QED) is 0.796. The molecule has 0 fully saturated rings. The number of carboxylic acid groups (broad SMARTS) is 1. The molecule has 2 aromatic rings. The van der Waals surface area contributed by atoms with Gasteiger partial charge in [-0.25, -0.2) is 4.79 Å². The molecule has 0 saturated heterocycles. The number of hydrogen-bond donors (Lipinski definition) is 3. The van der Waals surface area contributed by atoms with Crippen molar-refractivity contribution in [2.45, 2.75) is 6.04 Å². The number of anilines is 2. The lowest BCUT2D eigenvalue weighted by Crippen LogP contribution is -2.19. The highest BCUT2D eigenvalue weighted by molar-refractivity contribution is 9.10. The lowest BCUT2D eigenvalue weighted by Gasteiger charge is -2.13. The predicted octanol–water partition coefficient (Wildman–Crippen LogP) is 3.25. The van der Waals surface area contributed by atoms with Crippen LogP contribution < -0.4 is 10.6 Å². The summed E-state index contributed by atoms with van der Waals surface area (Å²) in [4.78, 5) is 22.9. The maximum Gasteiger partial charge on any atom is 0.335 e. The molecule has 1 aliphatic rings. The maximum atomic E-state index is 12.0. The summed E-state index contributed by atoms with van der Waals surface area (Å²) in [5.41, 5.74) is 2.54. The third-order valence-corrected chi connectivity index (χ3v) is 3.78. The van der Waals surface area contributed by atoms with E-state index < -0.39 is 12.0 Å². The van der Waals surface area contributed by atoms with Crippen LogP contribution in [-0.4, -0.2) is 17.0 Å². The van der Waals surface area contributed by atoms with E-state index in [-0.39, 0.29) is 11.5 Å². The van der Waals surface area contributed by atoms with Crippen molar-refractivity contribution in [3.8, 4) is 0 Å². The van der Waals surface area contributed by atoms with Gasteiger partial charge in [-0.05, 0) is 36.4 Å². The zero-order valence-corrected chi connectivity index (χ0v) is 12.3. The summed E-state index contributed by atoms with van der Waals surface area (Å²) in [5, 5.41) is 14.8. The van der Waals surface area contributed by atoms with Crippen LogP contribution >= 0.6 is 15.9 Å². The molecule has 3 rings (SSSR count). The third kappa shape index (κ3) is 2.62. The molecule has 1 aliphatic heterocycles. The van der Waals surface area contributed by atoms with Gasteiger partial charge in [0.1, 0.15) is 6.04 Å². The molecule has 0 bridgehead atoms. The van der Waals surface area contributed by atoms with Crippen LogP contribution in [-0.2, 0) is 4.79 Å². The highest BCUT2D eigenvalue weighted by atomic mass is 79.9. The van der Waals surface area contributed by atoms with Crippen molar-refractivity contribution >= 4 is 39.2 Å². The van der Waals surface area contributed by atoms with E-state index in [1.54, 1.807) is 12.1 Å². The second kappa shape index (κ2) is 5.21. The predicted molar refractivity (Wildman–Crippen MR) is 82.5 cm³/mol. The highest BCUT2D eigenvalue weighted by Crippen LogP contribution is 2.35. The van der Waals surface area contributed by atoms with E-state index in [4.69, 9.17) is 5.11 Å². The van der Waals surface area contributed by atoms with E-state index in [2.05, 4.69) is 26.6 Å². The van der Waals surface area contributed by atoms with Crippen molar-refractivity contribution in [2.75, 3.05) is 10.6 Å². The van der Waals surface area contributed by atoms with Gasteiger partial charge in [-0.3, -0.25) is 4.79 Å². The number of halogens is 1. The number of amides is 1. The molecule has 1 atom stereocenters. The minimum absolute atomic E-state index is 0.134. The Morgan fingerprint density at radius 3 is 2.57 bits per heavy atom. The average molecular weight is 347 g/mol. The molecule has 106 valence electrons. The number of carboxylic acids is 1. The Morgan fingerprint density at radius 2 is 1.90 bits per heavy atom. The Bertz CT molecular complexity index is 728. The van der Waals surface area contributed by atoms with Crippen molar-refractivity contribution in [2.24, 2.45) is 0 Å². The molecular weight excluding hydrogens is 336 g/mol. The van der Waals surface area contributed by atoms with Gasteiger partial charge >= 0.3 is 5.97 Å². The number of aromatic carboxylic acids is 1. The second-order valence-electron chi connectivity index (χ2n) is 4.68. The van der Waals surface area contributed by atoms with Crippen LogP contribution in [0.5, 0.6) is 0 Å². The molecule has 5 nitrogen and oxygen atoms in total. The van der Waals surface area contributed by atoms with Gasteiger partial charge in [-0.1, -0.05) is 22.0 Å². The highest BCUT2D eigenvalue weighted by Gasteiger charge is 2.30. The summed E-state index contributed by atoms with van der Waals surface area (Å²) >= 11 is 3.37. The first-order valence-electron chi connectivity index (χ1n) is 6.25. The first kappa shape index (κ1) is 13.6. The smallest absolute Gasteiger partial charge is 0.335 e. The molecule has 2 aromatic carbocycles. The number of rotatable bonds is 3. The van der Waals surface area contributed by atoms with E-state index in [0.717, 1.165) is 15.7 Å². The molecule has 3 N–H and O–H groups in total. The summed E-state index contributed by atoms with van der Waals surface area (Å²) in [7, 11) is 0. The van der Waals surface area contributed by atoms with Gasteiger partial charge < -0.3 is 15.7 Å². The molecule has 0 aliphatic carbocycles. The van der Waals surface area contributed by atoms with Crippen LogP contribution in [0.3, 0.4) is 0 Å². The van der Waals surface area contributed by atoms with Crippen molar-refractivity contribution in [3.05, 3.63) is 58.1 Å². The molecule has 0 radical (unpaired) electrons. The van der Waals surface area contributed by atoms with Gasteiger partial charge in [-0.15, -0.1) is 0 Å². The van der Waals surface area contributed by atoms with Gasteiger partial charge in [0.15, 0.2) is 0 Å². The molecular formula is C15H11BrN2O3. The van der Waals surface area contributed by atoms with Gasteiger partial charge in [0, 0.05) is 21.4 Å². The van der Waals surface area contributed by atoms with Gasteiger partial charge in [0.05, 0.1) is 5.56 Å². The monoisotopic (exact) mass is 346 g/mol. The maximum absolute atomic E-state index is 12.0. The van der Waals surface area contributed by atoms with Crippen LogP contribution in [0, 0.1) is 0 Å². The first-order valence-corrected chi connectivity index (χ1v) is 7.04. The minimum Gasteiger partial charge on any atom is -0.478 e. The summed E-state index contributed by atoms with van der Waals surface area (Å²) in [6.45, 7) is 0. The van der Waals surface area contributed by atoms with E-state index in [0.29, 0.717) is 5.69 Å². The molecule has 1 unspecified atom stereocenters. The van der Waals surface area contributed by atoms with Crippen molar-refractivity contribution < 1.29 is 14.7 Å². The Hall–Kier alpha value is -2.34. The zero-order valence-electron chi connectivity index (χ0n) is 10.8. The summed E-state index contributed by atoms with van der Waals surface area (Å²) in [6.07, 6.45) is 0. The Balaban J connectivity index is 1.85. The number of nitrogens with one attached hydrogen (secondary N) is 2. The standard InChI is InChI=1S/C15H11BrN2O3/c16-9-3-6-11-12(7-9)18-14(19)13(11)17-10-4-1-8(2-5-10)15(20)21/h1-7,13,17H,(H,18,19)(H,20,21). The molecule has 21 heavy (non-hydrogen) atoms. The Morgan fingerprint density at radius 1 is 1.19 bits per heavy atom. The van der Waals surface area contributed by atoms with E-state index in [1.807, 2.05) is 18.2 Å². The average Bonchev–Trinajstić information content (AvgIpc) is 2.75. The van der Waals surface area contributed by atoms with Crippen LogP contribution in [0.4, 0.5) is 11.4 Å². The third-order valence-electron chi connectivity index (χ3n) is 3.29. The topological polar surface area (TPSA) is 78.4 Å². The molecule has 1 amide bonds. The van der Waals surface area contributed by atoms with Crippen molar-refractivity contribution in [1.82, 2.24) is 0 Å². The molecule has 0 aromatic heterocycles. The van der Waals surface area contributed by atoms with Gasteiger partial charge in [0.2, 0.25) is 0 Å². The molecule has 0 saturated carbocycles. The van der Waals surface area contributed by atoms with Crippen LogP contribution in [0.2, 0.25) is 0 Å². The number of hydrogen-bond acceptors (Lipinski definition) is 3. The number of fused-ring (bicyclic) bond motifs is 1. The normalized spacial score (nSPS) is 16.2. The van der Waals surface area contributed by atoms with Crippen LogP contribution in [0.15, 0.2) is 46.9 Å². The molecule has 1 heterocycles. The van der Waals surface area contributed by atoms with E-state index >= 15 is 0 Å². The van der Waals surface area contributed by atoms with Crippen molar-refractivity contribution in [1.29, 1.82) is 0 Å². The lowest BCUT2D eigenvalue weighted by molar-refractivity contribution is -0.116. The summed E-state index contributed by atoms with van der Waals surface area (Å²) in [5.74, 6) is -1.11. The van der Waals surface area contributed by atoms with Crippen LogP contribution in [0.25, 0.3) is 0 Å². The number of benzene rings is 2. The van der Waals surface area contributed by atoms with Crippen molar-refractivity contribution in [3.63, 3.8) is 0 Å². The largest absolute Gasteiger partial charge is 0.478 e. The number of carbonyl (C=O) groups excluding carboxylic acids is 1. The Kier molecular flexibility index (Phi) is 3.39. The Labute approximate surface area is 129 Å². The fourth-order valence-corrected chi connectivity index (χ4v) is 2.61. The second-order valence-corrected chi connectivity index (χ2v) is 5.60. The first-order chi connectivity index (χ1) is 10.0. The fraction of sp³-hybridized carbons (Fsp3) is 0.0667. The van der Waals surface area contributed by atoms with Gasteiger partial charge in [0.25, 0.3) is 5.91 Å². The zero-order chi connectivity index (χ0) is 15.0. The molecule has 6 heteroatoms. The summed E-state index contributed by atoms with van der Waals surface area (Å²) < 4.78 is 0.896. The van der Waals surface area contributed by atoms with Crippen LogP contribution in [0.1, 0.15) is 22.0 Å². The SMILES string of the molecule is O=C(O)c1ccc(NC2C(=O)Nc3cc(Br)ccc32)cc1. The number of carbonyl (C=O) groups is 2.